The fourth-order valence-electron chi connectivity index (χ4n) is 4.23. The normalized spacial score (nSPS) is 26.6. The first-order chi connectivity index (χ1) is 14.3. The fourth-order valence-corrected chi connectivity index (χ4v) is 4.43. The SMILES string of the molecule is CN(C)CC1CCC(CNC2=C([N+](=O)[O-])C=NC(N)(Cc3ccccc3Cl)N2)CC1. The van der Waals surface area contributed by atoms with Crippen molar-refractivity contribution in [3.05, 3.63) is 56.5 Å². The molecular weight excluding hydrogens is 404 g/mol. The number of hydrogen-bond donors (Lipinski definition) is 3. The molecule has 1 atom stereocenters. The molecule has 1 aromatic carbocycles. The van der Waals surface area contributed by atoms with Crippen LogP contribution in [0.3, 0.4) is 0 Å². The smallest absolute Gasteiger partial charge is 0.326 e. The summed E-state index contributed by atoms with van der Waals surface area (Å²) >= 11 is 6.25. The molecule has 164 valence electrons. The van der Waals surface area contributed by atoms with Crippen LogP contribution in [0.2, 0.25) is 5.02 Å². The summed E-state index contributed by atoms with van der Waals surface area (Å²) in [6, 6.07) is 7.38. The zero-order valence-electron chi connectivity index (χ0n) is 17.6. The number of benzene rings is 1. The summed E-state index contributed by atoms with van der Waals surface area (Å²) in [5.41, 5.74) is 7.14. The Balaban J connectivity index is 1.62. The monoisotopic (exact) mass is 434 g/mol. The molecule has 0 bridgehead atoms. The number of nitrogens with one attached hydrogen (secondary N) is 2. The van der Waals surface area contributed by atoms with Crippen molar-refractivity contribution in [1.82, 2.24) is 15.5 Å². The van der Waals surface area contributed by atoms with Crippen LogP contribution in [0.1, 0.15) is 31.2 Å². The second-order valence-electron chi connectivity index (χ2n) is 8.62. The third kappa shape index (κ3) is 5.93. The van der Waals surface area contributed by atoms with Crippen molar-refractivity contribution >= 4 is 17.8 Å². The van der Waals surface area contributed by atoms with E-state index in [9.17, 15) is 10.1 Å². The average molecular weight is 435 g/mol. The molecule has 30 heavy (non-hydrogen) atoms. The molecule has 1 aromatic rings. The van der Waals surface area contributed by atoms with Crippen LogP contribution in [0.15, 0.2) is 40.8 Å². The summed E-state index contributed by atoms with van der Waals surface area (Å²) in [6.45, 7) is 1.79. The van der Waals surface area contributed by atoms with Gasteiger partial charge in [0.1, 0.15) is 6.21 Å². The predicted octanol–water partition coefficient (Wildman–Crippen LogP) is 2.57. The Morgan fingerprint density at radius 1 is 1.30 bits per heavy atom. The minimum Gasteiger partial charge on any atom is -0.366 e. The lowest BCUT2D eigenvalue weighted by Crippen LogP contribution is -2.58. The molecule has 2 aliphatic rings. The van der Waals surface area contributed by atoms with Gasteiger partial charge in [0.15, 0.2) is 11.6 Å². The van der Waals surface area contributed by atoms with Crippen LogP contribution in [0, 0.1) is 22.0 Å². The molecule has 1 aliphatic carbocycles. The van der Waals surface area contributed by atoms with Crippen molar-refractivity contribution in [3.8, 4) is 0 Å². The molecule has 1 fully saturated rings. The van der Waals surface area contributed by atoms with Crippen LogP contribution in [0.4, 0.5) is 0 Å². The first kappa shape index (κ1) is 22.5. The van der Waals surface area contributed by atoms with Crippen LogP contribution in [0.5, 0.6) is 0 Å². The molecule has 0 radical (unpaired) electrons. The van der Waals surface area contributed by atoms with Crippen molar-refractivity contribution in [3.63, 3.8) is 0 Å². The van der Waals surface area contributed by atoms with Crippen LogP contribution in [0.25, 0.3) is 0 Å². The largest absolute Gasteiger partial charge is 0.366 e. The van der Waals surface area contributed by atoms with Gasteiger partial charge < -0.3 is 15.5 Å². The Kier molecular flexibility index (Phi) is 7.33. The maximum Gasteiger partial charge on any atom is 0.326 e. The van der Waals surface area contributed by atoms with Crippen LogP contribution >= 0.6 is 11.6 Å². The zero-order chi connectivity index (χ0) is 21.7. The quantitative estimate of drug-likeness (QED) is 0.428. The van der Waals surface area contributed by atoms with Gasteiger partial charge >= 0.3 is 5.70 Å². The third-order valence-corrected chi connectivity index (χ3v) is 6.16. The summed E-state index contributed by atoms with van der Waals surface area (Å²) < 4.78 is 0. The molecule has 1 saturated carbocycles. The molecule has 4 N–H and O–H groups in total. The number of nitrogens with two attached hydrogens (primary N) is 1. The van der Waals surface area contributed by atoms with E-state index in [4.69, 9.17) is 17.3 Å². The van der Waals surface area contributed by atoms with E-state index in [1.807, 2.05) is 18.2 Å². The van der Waals surface area contributed by atoms with Crippen LogP contribution < -0.4 is 16.4 Å². The van der Waals surface area contributed by atoms with E-state index in [0.717, 1.165) is 30.9 Å². The molecule has 3 rings (SSSR count). The number of halogens is 1. The molecule has 0 aromatic heterocycles. The Labute approximate surface area is 182 Å². The van der Waals surface area contributed by atoms with E-state index < -0.39 is 10.7 Å². The summed E-state index contributed by atoms with van der Waals surface area (Å²) in [7, 11) is 4.22. The van der Waals surface area contributed by atoms with E-state index >= 15 is 0 Å². The van der Waals surface area contributed by atoms with Gasteiger partial charge in [0.2, 0.25) is 0 Å². The topological polar surface area (TPSA) is 109 Å². The van der Waals surface area contributed by atoms with Crippen molar-refractivity contribution in [2.75, 3.05) is 27.2 Å². The minimum absolute atomic E-state index is 0.100. The zero-order valence-corrected chi connectivity index (χ0v) is 18.4. The molecule has 0 spiro atoms. The van der Waals surface area contributed by atoms with E-state index in [1.54, 1.807) is 6.07 Å². The van der Waals surface area contributed by atoms with Crippen LogP contribution in [-0.2, 0) is 6.42 Å². The number of nitro groups is 1. The second-order valence-corrected chi connectivity index (χ2v) is 9.03. The van der Waals surface area contributed by atoms with E-state index in [1.165, 1.54) is 19.1 Å². The summed E-state index contributed by atoms with van der Waals surface area (Å²) in [4.78, 5) is 17.5. The first-order valence-corrected chi connectivity index (χ1v) is 10.8. The Bertz CT molecular complexity index is 819. The lowest BCUT2D eigenvalue weighted by atomic mass is 9.82. The molecule has 0 saturated heterocycles. The standard InChI is InChI=1S/C21H31ClN6O2/c1-27(2)14-16-9-7-15(8-10-16)12-24-20-19(28(29)30)13-25-21(23,26-20)11-17-5-3-4-6-18(17)22/h3-6,13,15-16,24,26H,7-12,14,23H2,1-2H3. The third-order valence-electron chi connectivity index (χ3n) is 5.79. The highest BCUT2D eigenvalue weighted by molar-refractivity contribution is 6.31. The van der Waals surface area contributed by atoms with Gasteiger partial charge in [0.25, 0.3) is 0 Å². The lowest BCUT2D eigenvalue weighted by molar-refractivity contribution is -0.416. The van der Waals surface area contributed by atoms with Gasteiger partial charge in [-0.05, 0) is 63.2 Å². The number of allylic oxidation sites excluding steroid dienone is 1. The van der Waals surface area contributed by atoms with Gasteiger partial charge in [0.05, 0.1) is 4.92 Å². The summed E-state index contributed by atoms with van der Waals surface area (Å²) in [5.74, 6) is 0.341. The van der Waals surface area contributed by atoms with Crippen molar-refractivity contribution < 1.29 is 4.92 Å². The predicted molar refractivity (Wildman–Crippen MR) is 120 cm³/mol. The van der Waals surface area contributed by atoms with Gasteiger partial charge in [0, 0.05) is 24.5 Å². The molecule has 9 heteroatoms. The Hall–Kier alpha value is -2.16. The van der Waals surface area contributed by atoms with E-state index in [2.05, 4.69) is 34.6 Å². The van der Waals surface area contributed by atoms with Crippen LogP contribution in [-0.4, -0.2) is 49.0 Å². The van der Waals surface area contributed by atoms with Gasteiger partial charge in [-0.3, -0.25) is 15.8 Å². The number of rotatable bonds is 8. The maximum atomic E-state index is 11.5. The molecule has 0 amide bonds. The molecule has 1 unspecified atom stereocenters. The highest BCUT2D eigenvalue weighted by Crippen LogP contribution is 2.29. The van der Waals surface area contributed by atoms with E-state index in [-0.39, 0.29) is 5.70 Å². The number of aliphatic imine (C=N–C) groups is 1. The second kappa shape index (κ2) is 9.76. The Morgan fingerprint density at radius 2 is 1.97 bits per heavy atom. The van der Waals surface area contributed by atoms with Crippen molar-refractivity contribution in [2.45, 2.75) is 37.9 Å². The number of nitrogens with zero attached hydrogens (tertiary/aromatic N) is 3. The minimum atomic E-state index is -1.20. The number of hydrogen-bond acceptors (Lipinski definition) is 7. The van der Waals surface area contributed by atoms with Gasteiger partial charge in [-0.25, -0.2) is 4.99 Å². The molecule has 8 nitrogen and oxygen atoms in total. The highest BCUT2D eigenvalue weighted by atomic mass is 35.5. The summed E-state index contributed by atoms with van der Waals surface area (Å²) in [5, 5.41) is 18.4. The maximum absolute atomic E-state index is 11.5. The van der Waals surface area contributed by atoms with Gasteiger partial charge in [-0.15, -0.1) is 0 Å². The van der Waals surface area contributed by atoms with Gasteiger partial charge in [-0.2, -0.15) is 0 Å². The first-order valence-electron chi connectivity index (χ1n) is 10.4. The fraction of sp³-hybridized carbons (Fsp3) is 0.571. The molecule has 1 aliphatic heterocycles. The van der Waals surface area contributed by atoms with Crippen molar-refractivity contribution in [1.29, 1.82) is 0 Å². The molecule has 1 heterocycles. The molecular formula is C21H31ClN6O2. The van der Waals surface area contributed by atoms with Crippen molar-refractivity contribution in [2.24, 2.45) is 22.6 Å². The van der Waals surface area contributed by atoms with E-state index in [0.29, 0.717) is 29.7 Å². The average Bonchev–Trinajstić information content (AvgIpc) is 2.68. The Morgan fingerprint density at radius 3 is 2.60 bits per heavy atom. The lowest BCUT2D eigenvalue weighted by Gasteiger charge is -2.33. The highest BCUT2D eigenvalue weighted by Gasteiger charge is 2.34. The van der Waals surface area contributed by atoms with Gasteiger partial charge in [-0.1, -0.05) is 29.8 Å². The summed E-state index contributed by atoms with van der Waals surface area (Å²) in [6.07, 6.45) is 6.17.